The largest absolute Gasteiger partial charge is 0.325 e. The fraction of sp³-hybridized carbons (Fsp3) is 0.250. The van der Waals surface area contributed by atoms with Crippen LogP contribution >= 0.6 is 11.8 Å². The normalized spacial score (nSPS) is 12.1. The number of amides is 1. The summed E-state index contributed by atoms with van der Waals surface area (Å²) >= 11 is 1.09. The quantitative estimate of drug-likeness (QED) is 0.308. The summed E-state index contributed by atoms with van der Waals surface area (Å²) in [5, 5.41) is 22.2. The van der Waals surface area contributed by atoms with Gasteiger partial charge >= 0.3 is 5.69 Å². The lowest BCUT2D eigenvalue weighted by atomic mass is 10.2. The van der Waals surface area contributed by atoms with Crippen molar-refractivity contribution in [2.45, 2.75) is 18.1 Å². The number of nitro benzene ring substituents is 1. The molecule has 1 atom stereocenters. The van der Waals surface area contributed by atoms with Gasteiger partial charge in [-0.3, -0.25) is 24.4 Å². The van der Waals surface area contributed by atoms with Gasteiger partial charge < -0.3 is 5.32 Å². The second-order valence-corrected chi connectivity index (χ2v) is 7.99. The highest BCUT2D eigenvalue weighted by Crippen LogP contribution is 2.27. The van der Waals surface area contributed by atoms with E-state index in [-0.39, 0.29) is 23.3 Å². The topological polar surface area (TPSA) is 106 Å². The summed E-state index contributed by atoms with van der Waals surface area (Å²) < 4.78 is 28.6. The molecule has 12 heteroatoms. The lowest BCUT2D eigenvalue weighted by molar-refractivity contribution is -0.387. The Morgan fingerprint density at radius 2 is 1.91 bits per heavy atom. The van der Waals surface area contributed by atoms with Gasteiger partial charge in [0.2, 0.25) is 11.7 Å². The van der Waals surface area contributed by atoms with Gasteiger partial charge in [0.1, 0.15) is 5.82 Å². The van der Waals surface area contributed by atoms with Crippen molar-refractivity contribution in [1.29, 1.82) is 0 Å². The molecule has 0 aliphatic carbocycles. The van der Waals surface area contributed by atoms with Gasteiger partial charge in [0.15, 0.2) is 11.0 Å². The molecule has 0 fully saturated rings. The second kappa shape index (κ2) is 9.83. The number of halogens is 2. The average molecular weight is 462 g/mol. The van der Waals surface area contributed by atoms with E-state index in [0.717, 1.165) is 23.9 Å². The van der Waals surface area contributed by atoms with Gasteiger partial charge in [0, 0.05) is 17.4 Å². The van der Waals surface area contributed by atoms with E-state index in [4.69, 9.17) is 0 Å². The lowest BCUT2D eigenvalue weighted by Crippen LogP contribution is -2.21. The van der Waals surface area contributed by atoms with Crippen LogP contribution in [0.4, 0.5) is 20.2 Å². The van der Waals surface area contributed by atoms with Crippen LogP contribution < -0.4 is 5.32 Å². The predicted molar refractivity (Wildman–Crippen MR) is 116 cm³/mol. The Labute approximate surface area is 186 Å². The molecule has 1 heterocycles. The molecule has 0 saturated carbocycles. The number of nitro groups is 1. The summed E-state index contributed by atoms with van der Waals surface area (Å²) in [5.41, 5.74) is 0.0107. The number of thioether (sulfide) groups is 1. The maximum absolute atomic E-state index is 13.5. The molecule has 0 aliphatic heterocycles. The van der Waals surface area contributed by atoms with Gasteiger partial charge in [-0.1, -0.05) is 11.8 Å². The standard InChI is InChI=1S/C20H20F2N6O3S/c1-12(26(2)3)19-24-25-20(27(19)15-7-4-13(21)5-8-15)32-11-18(29)23-14-6-9-16(22)17(10-14)28(30)31/h4-10,12H,11H2,1-3H3,(H,23,29). The van der Waals surface area contributed by atoms with Crippen LogP contribution in [0.5, 0.6) is 0 Å². The van der Waals surface area contributed by atoms with Crippen molar-refractivity contribution in [2.75, 3.05) is 25.2 Å². The number of aromatic nitrogens is 3. The molecule has 0 spiro atoms. The zero-order valence-electron chi connectivity index (χ0n) is 17.5. The van der Waals surface area contributed by atoms with E-state index < -0.39 is 22.3 Å². The molecule has 3 aromatic rings. The van der Waals surface area contributed by atoms with Crippen LogP contribution in [0.1, 0.15) is 18.8 Å². The zero-order valence-corrected chi connectivity index (χ0v) is 18.3. The van der Waals surface area contributed by atoms with E-state index in [1.165, 1.54) is 18.2 Å². The van der Waals surface area contributed by atoms with Crippen molar-refractivity contribution in [2.24, 2.45) is 0 Å². The van der Waals surface area contributed by atoms with Crippen LogP contribution in [0.3, 0.4) is 0 Å². The van der Waals surface area contributed by atoms with Gasteiger partial charge in [0.05, 0.1) is 16.7 Å². The molecular formula is C20H20F2N6O3S. The maximum Gasteiger partial charge on any atom is 0.306 e. The van der Waals surface area contributed by atoms with E-state index in [1.54, 1.807) is 16.7 Å². The van der Waals surface area contributed by atoms with E-state index in [2.05, 4.69) is 15.5 Å². The van der Waals surface area contributed by atoms with Crippen molar-refractivity contribution < 1.29 is 18.5 Å². The van der Waals surface area contributed by atoms with Crippen LogP contribution in [0.2, 0.25) is 0 Å². The molecule has 168 valence electrons. The Morgan fingerprint density at radius 3 is 2.53 bits per heavy atom. The molecule has 0 radical (unpaired) electrons. The third-order valence-electron chi connectivity index (χ3n) is 4.65. The Balaban J connectivity index is 1.80. The fourth-order valence-electron chi connectivity index (χ4n) is 2.77. The van der Waals surface area contributed by atoms with Gasteiger partial charge in [-0.25, -0.2) is 4.39 Å². The van der Waals surface area contributed by atoms with Crippen molar-refractivity contribution >= 4 is 29.0 Å². The predicted octanol–water partition coefficient (Wildman–Crippen LogP) is 3.81. The van der Waals surface area contributed by atoms with Gasteiger partial charge in [-0.05, 0) is 57.4 Å². The van der Waals surface area contributed by atoms with Crippen LogP contribution in [-0.2, 0) is 4.79 Å². The minimum Gasteiger partial charge on any atom is -0.325 e. The minimum atomic E-state index is -0.989. The molecule has 0 saturated heterocycles. The number of rotatable bonds is 8. The Kier molecular flexibility index (Phi) is 7.15. The fourth-order valence-corrected chi connectivity index (χ4v) is 3.53. The number of hydrogen-bond donors (Lipinski definition) is 1. The molecule has 2 aromatic carbocycles. The molecule has 9 nitrogen and oxygen atoms in total. The minimum absolute atomic E-state index is 0.0825. The highest BCUT2D eigenvalue weighted by Gasteiger charge is 2.22. The van der Waals surface area contributed by atoms with Crippen LogP contribution in [0, 0.1) is 21.7 Å². The van der Waals surface area contributed by atoms with Crippen LogP contribution in [-0.4, -0.2) is 50.3 Å². The van der Waals surface area contributed by atoms with Crippen LogP contribution in [0.15, 0.2) is 47.6 Å². The van der Waals surface area contributed by atoms with E-state index in [0.29, 0.717) is 16.7 Å². The summed E-state index contributed by atoms with van der Waals surface area (Å²) in [6.45, 7) is 1.94. The number of benzene rings is 2. The number of nitrogens with one attached hydrogen (secondary N) is 1. The first-order chi connectivity index (χ1) is 15.2. The summed E-state index contributed by atoms with van der Waals surface area (Å²) in [6, 6.07) is 8.82. The van der Waals surface area contributed by atoms with Crippen LogP contribution in [0.25, 0.3) is 5.69 Å². The third kappa shape index (κ3) is 5.26. The molecule has 1 aromatic heterocycles. The smallest absolute Gasteiger partial charge is 0.306 e. The molecule has 1 unspecified atom stereocenters. The summed E-state index contributed by atoms with van der Waals surface area (Å²) in [6.07, 6.45) is 0. The first-order valence-corrected chi connectivity index (χ1v) is 10.4. The van der Waals surface area contributed by atoms with Gasteiger partial charge in [-0.15, -0.1) is 10.2 Å². The van der Waals surface area contributed by atoms with E-state index >= 15 is 0 Å². The molecule has 3 rings (SSSR count). The lowest BCUT2D eigenvalue weighted by Gasteiger charge is -2.20. The molecule has 0 aliphatic rings. The Morgan fingerprint density at radius 1 is 1.22 bits per heavy atom. The Bertz CT molecular complexity index is 1140. The highest BCUT2D eigenvalue weighted by molar-refractivity contribution is 7.99. The number of carbonyl (C=O) groups is 1. The number of nitrogens with zero attached hydrogens (tertiary/aromatic N) is 5. The third-order valence-corrected chi connectivity index (χ3v) is 5.58. The van der Waals surface area contributed by atoms with E-state index in [1.807, 2.05) is 25.9 Å². The SMILES string of the molecule is CC(c1nnc(SCC(=O)Nc2ccc(F)c([N+](=O)[O-])c2)n1-c1ccc(F)cc1)N(C)C. The summed E-state index contributed by atoms with van der Waals surface area (Å²) in [5.74, 6) is -1.31. The molecular weight excluding hydrogens is 442 g/mol. The molecule has 1 amide bonds. The zero-order chi connectivity index (χ0) is 23.4. The first-order valence-electron chi connectivity index (χ1n) is 9.41. The van der Waals surface area contributed by atoms with Crippen molar-refractivity contribution in [3.05, 3.63) is 70.0 Å². The second-order valence-electron chi connectivity index (χ2n) is 7.05. The molecule has 1 N–H and O–H groups in total. The summed E-state index contributed by atoms with van der Waals surface area (Å²) in [7, 11) is 3.77. The van der Waals surface area contributed by atoms with Crippen molar-refractivity contribution in [3.63, 3.8) is 0 Å². The maximum atomic E-state index is 13.5. The van der Waals surface area contributed by atoms with E-state index in [9.17, 15) is 23.7 Å². The number of anilines is 1. The number of hydrogen-bond acceptors (Lipinski definition) is 7. The van der Waals surface area contributed by atoms with Crippen molar-refractivity contribution in [3.8, 4) is 5.69 Å². The molecule has 32 heavy (non-hydrogen) atoms. The number of carbonyl (C=O) groups excluding carboxylic acids is 1. The average Bonchev–Trinajstić information content (AvgIpc) is 3.17. The first kappa shape index (κ1) is 23.3. The van der Waals surface area contributed by atoms with Crippen molar-refractivity contribution in [1.82, 2.24) is 19.7 Å². The monoisotopic (exact) mass is 462 g/mol. The molecule has 0 bridgehead atoms. The highest BCUT2D eigenvalue weighted by atomic mass is 32.2. The van der Waals surface area contributed by atoms with Gasteiger partial charge in [-0.2, -0.15) is 4.39 Å². The van der Waals surface area contributed by atoms with Gasteiger partial charge in [0.25, 0.3) is 0 Å². The summed E-state index contributed by atoms with van der Waals surface area (Å²) in [4.78, 5) is 24.3. The Hall–Kier alpha value is -3.38.